The predicted molar refractivity (Wildman–Crippen MR) is 75.0 cm³/mol. The van der Waals surface area contributed by atoms with E-state index in [1.54, 1.807) is 6.20 Å². The van der Waals surface area contributed by atoms with Crippen molar-refractivity contribution >= 4 is 5.69 Å². The van der Waals surface area contributed by atoms with Crippen LogP contribution in [0.15, 0.2) is 18.3 Å². The van der Waals surface area contributed by atoms with Crippen LogP contribution >= 0.6 is 0 Å². The van der Waals surface area contributed by atoms with E-state index in [9.17, 15) is 5.26 Å². The normalized spacial score (nSPS) is 22.8. The van der Waals surface area contributed by atoms with E-state index < -0.39 is 0 Å². The van der Waals surface area contributed by atoms with Gasteiger partial charge in [-0.3, -0.25) is 0 Å². The number of hydrogen-bond acceptors (Lipinski definition) is 4. The third kappa shape index (κ3) is 2.87. The molecule has 3 rings (SSSR count). The van der Waals surface area contributed by atoms with Crippen LogP contribution in [0.25, 0.3) is 0 Å². The summed E-state index contributed by atoms with van der Waals surface area (Å²) in [7, 11) is 0. The van der Waals surface area contributed by atoms with E-state index in [2.05, 4.69) is 21.3 Å². The fourth-order valence-corrected chi connectivity index (χ4v) is 2.86. The maximum absolute atomic E-state index is 9.22. The summed E-state index contributed by atoms with van der Waals surface area (Å²) in [6, 6.07) is 7.36. The fourth-order valence-electron chi connectivity index (χ4n) is 2.86. The molecule has 1 unspecified atom stereocenters. The Hall–Kier alpha value is -1.60. The summed E-state index contributed by atoms with van der Waals surface area (Å²) in [5.41, 5.74) is 1.57. The highest BCUT2D eigenvalue weighted by Crippen LogP contribution is 2.33. The zero-order valence-corrected chi connectivity index (χ0v) is 11.2. The molecular formula is C15H20N4. The van der Waals surface area contributed by atoms with Gasteiger partial charge >= 0.3 is 0 Å². The molecule has 1 saturated heterocycles. The lowest BCUT2D eigenvalue weighted by Gasteiger charge is -2.32. The van der Waals surface area contributed by atoms with Crippen LogP contribution in [-0.2, 0) is 0 Å². The Kier molecular flexibility index (Phi) is 3.65. The number of rotatable bonds is 4. The quantitative estimate of drug-likeness (QED) is 0.896. The Morgan fingerprint density at radius 3 is 2.95 bits per heavy atom. The van der Waals surface area contributed by atoms with Crippen LogP contribution in [-0.4, -0.2) is 30.2 Å². The lowest BCUT2D eigenvalue weighted by molar-refractivity contribution is 0.398. The first kappa shape index (κ1) is 12.4. The highest BCUT2D eigenvalue weighted by Gasteiger charge is 2.32. The second-order valence-corrected chi connectivity index (χ2v) is 5.51. The third-order valence-electron chi connectivity index (χ3n) is 4.02. The molecule has 0 aromatic carbocycles. The second-order valence-electron chi connectivity index (χ2n) is 5.51. The zero-order chi connectivity index (χ0) is 13.1. The van der Waals surface area contributed by atoms with Crippen molar-refractivity contribution < 1.29 is 0 Å². The zero-order valence-electron chi connectivity index (χ0n) is 11.2. The summed E-state index contributed by atoms with van der Waals surface area (Å²) in [6.45, 7) is 2.13. The molecule has 1 aliphatic carbocycles. The van der Waals surface area contributed by atoms with Gasteiger partial charge < -0.3 is 10.2 Å². The third-order valence-corrected chi connectivity index (χ3v) is 4.02. The van der Waals surface area contributed by atoms with Crippen molar-refractivity contribution in [3.63, 3.8) is 0 Å². The van der Waals surface area contributed by atoms with Crippen molar-refractivity contribution in [1.29, 1.82) is 5.26 Å². The van der Waals surface area contributed by atoms with Gasteiger partial charge in [0, 0.05) is 24.8 Å². The Balaban J connectivity index is 1.78. The lowest BCUT2D eigenvalue weighted by atomic mass is 10.0. The molecule has 1 aromatic heterocycles. The smallest absolute Gasteiger partial charge is 0.163 e. The first-order valence-corrected chi connectivity index (χ1v) is 7.23. The van der Waals surface area contributed by atoms with Gasteiger partial charge in [0.25, 0.3) is 0 Å². The summed E-state index contributed by atoms with van der Waals surface area (Å²) >= 11 is 0. The van der Waals surface area contributed by atoms with E-state index in [0.717, 1.165) is 18.8 Å². The molecule has 0 radical (unpaired) electrons. The summed E-state index contributed by atoms with van der Waals surface area (Å²) in [4.78, 5) is 6.60. The van der Waals surface area contributed by atoms with E-state index in [0.29, 0.717) is 17.8 Å². The standard InChI is InChI=1S/C15H20N4/c16-10-14-15(5-3-9-18-14)19(13-6-7-13)11-12-4-1-2-8-17-12/h3,5,9,12-13,17H,1-2,4,6-8,11H2. The average Bonchev–Trinajstić information content (AvgIpc) is 3.30. The lowest BCUT2D eigenvalue weighted by Crippen LogP contribution is -2.44. The van der Waals surface area contributed by atoms with E-state index in [1.807, 2.05) is 12.1 Å². The van der Waals surface area contributed by atoms with E-state index in [4.69, 9.17) is 0 Å². The molecule has 4 nitrogen and oxygen atoms in total. The Morgan fingerprint density at radius 1 is 1.37 bits per heavy atom. The van der Waals surface area contributed by atoms with Gasteiger partial charge in [-0.05, 0) is 44.4 Å². The van der Waals surface area contributed by atoms with Crippen LogP contribution in [0.5, 0.6) is 0 Å². The SMILES string of the molecule is N#Cc1ncccc1N(CC1CCCCN1)C1CC1. The minimum absolute atomic E-state index is 0.557. The van der Waals surface area contributed by atoms with Gasteiger partial charge in [0.2, 0.25) is 0 Å². The van der Waals surface area contributed by atoms with Gasteiger partial charge in [0.15, 0.2) is 5.69 Å². The number of nitrogens with one attached hydrogen (secondary N) is 1. The van der Waals surface area contributed by atoms with Gasteiger partial charge in [-0.15, -0.1) is 0 Å². The van der Waals surface area contributed by atoms with Crippen LogP contribution < -0.4 is 10.2 Å². The topological polar surface area (TPSA) is 52.0 Å². The van der Waals surface area contributed by atoms with Crippen molar-refractivity contribution in [3.8, 4) is 6.07 Å². The Morgan fingerprint density at radius 2 is 2.26 bits per heavy atom. The van der Waals surface area contributed by atoms with Crippen molar-refractivity contribution in [3.05, 3.63) is 24.0 Å². The minimum Gasteiger partial charge on any atom is -0.365 e. The number of pyridine rings is 1. The Bertz CT molecular complexity index is 469. The van der Waals surface area contributed by atoms with Crippen molar-refractivity contribution in [2.45, 2.75) is 44.2 Å². The highest BCUT2D eigenvalue weighted by atomic mass is 15.2. The van der Waals surface area contributed by atoms with Crippen LogP contribution in [0.2, 0.25) is 0 Å². The minimum atomic E-state index is 0.557. The van der Waals surface area contributed by atoms with E-state index >= 15 is 0 Å². The molecule has 1 aliphatic heterocycles. The molecule has 1 aromatic rings. The van der Waals surface area contributed by atoms with E-state index in [-0.39, 0.29) is 0 Å². The van der Waals surface area contributed by atoms with Gasteiger partial charge in [-0.1, -0.05) is 6.42 Å². The molecule has 1 atom stereocenters. The molecule has 100 valence electrons. The average molecular weight is 256 g/mol. The fraction of sp³-hybridized carbons (Fsp3) is 0.600. The first-order chi connectivity index (χ1) is 9.38. The summed E-state index contributed by atoms with van der Waals surface area (Å²) < 4.78 is 0. The summed E-state index contributed by atoms with van der Waals surface area (Å²) in [5, 5.41) is 12.8. The number of aromatic nitrogens is 1. The number of piperidine rings is 1. The number of anilines is 1. The van der Waals surface area contributed by atoms with Gasteiger partial charge in [-0.2, -0.15) is 5.26 Å². The number of nitrogens with zero attached hydrogens (tertiary/aromatic N) is 3. The molecule has 0 amide bonds. The molecular weight excluding hydrogens is 236 g/mol. The molecule has 2 fully saturated rings. The predicted octanol–water partition coefficient (Wildman–Crippen LogP) is 2.06. The molecule has 1 N–H and O–H groups in total. The first-order valence-electron chi connectivity index (χ1n) is 7.23. The molecule has 2 aliphatic rings. The molecule has 0 bridgehead atoms. The number of hydrogen-bond donors (Lipinski definition) is 1. The second kappa shape index (κ2) is 5.58. The molecule has 1 saturated carbocycles. The molecule has 4 heteroatoms. The summed E-state index contributed by atoms with van der Waals surface area (Å²) in [5.74, 6) is 0. The molecule has 19 heavy (non-hydrogen) atoms. The van der Waals surface area contributed by atoms with Crippen molar-refractivity contribution in [1.82, 2.24) is 10.3 Å². The number of nitriles is 1. The van der Waals surface area contributed by atoms with Crippen LogP contribution in [0, 0.1) is 11.3 Å². The molecule has 2 heterocycles. The van der Waals surface area contributed by atoms with Crippen molar-refractivity contribution in [2.24, 2.45) is 0 Å². The van der Waals surface area contributed by atoms with Gasteiger partial charge in [0.1, 0.15) is 6.07 Å². The van der Waals surface area contributed by atoms with Gasteiger partial charge in [0.05, 0.1) is 5.69 Å². The Labute approximate surface area is 114 Å². The van der Waals surface area contributed by atoms with Crippen LogP contribution in [0.3, 0.4) is 0 Å². The van der Waals surface area contributed by atoms with Crippen LogP contribution in [0.4, 0.5) is 5.69 Å². The largest absolute Gasteiger partial charge is 0.365 e. The highest BCUT2D eigenvalue weighted by molar-refractivity contribution is 5.57. The van der Waals surface area contributed by atoms with Crippen LogP contribution in [0.1, 0.15) is 37.8 Å². The summed E-state index contributed by atoms with van der Waals surface area (Å²) in [6.07, 6.45) is 8.03. The maximum atomic E-state index is 9.22. The monoisotopic (exact) mass is 256 g/mol. The molecule has 0 spiro atoms. The van der Waals surface area contributed by atoms with Gasteiger partial charge in [-0.25, -0.2) is 4.98 Å². The van der Waals surface area contributed by atoms with E-state index in [1.165, 1.54) is 32.1 Å². The van der Waals surface area contributed by atoms with Crippen molar-refractivity contribution in [2.75, 3.05) is 18.0 Å². The maximum Gasteiger partial charge on any atom is 0.163 e.